The van der Waals surface area contributed by atoms with Crippen LogP contribution in [0.4, 0.5) is 0 Å². The standard InChI is InChI=1S/C20H18N2O2/c1-12-16-11-22(10-8-18(23)24)9-7-14(16)13(2)20-19(12)15-5-3-4-6-17(15)21-20/h3-7,9,11H,8,10H2,1-2H3,(H,23,24)/p+1. The SMILES string of the molecule is Cc1c2cc[n+](CCC(=O)O)cc2c(C)c2c1[nH]c1ccccc12. The van der Waals surface area contributed by atoms with Gasteiger partial charge in [-0.05, 0) is 36.4 Å². The summed E-state index contributed by atoms with van der Waals surface area (Å²) < 4.78 is 1.96. The van der Waals surface area contributed by atoms with Crippen molar-refractivity contribution in [2.24, 2.45) is 0 Å². The van der Waals surface area contributed by atoms with Crippen LogP contribution in [0.25, 0.3) is 32.6 Å². The number of aliphatic carboxylic acids is 1. The molecule has 0 radical (unpaired) electrons. The van der Waals surface area contributed by atoms with Crippen LogP contribution in [-0.2, 0) is 11.3 Å². The Morgan fingerprint density at radius 1 is 1.08 bits per heavy atom. The number of hydrogen-bond donors (Lipinski definition) is 2. The third-order valence-electron chi connectivity index (χ3n) is 4.87. The van der Waals surface area contributed by atoms with Gasteiger partial charge in [0.25, 0.3) is 0 Å². The molecule has 0 spiro atoms. The van der Waals surface area contributed by atoms with Crippen LogP contribution in [0.15, 0.2) is 42.7 Å². The topological polar surface area (TPSA) is 57.0 Å². The van der Waals surface area contributed by atoms with E-state index in [4.69, 9.17) is 5.11 Å². The van der Waals surface area contributed by atoms with Gasteiger partial charge in [-0.15, -0.1) is 0 Å². The van der Waals surface area contributed by atoms with Crippen LogP contribution in [0.5, 0.6) is 0 Å². The van der Waals surface area contributed by atoms with Crippen molar-refractivity contribution in [3.63, 3.8) is 0 Å². The van der Waals surface area contributed by atoms with Crippen LogP contribution in [-0.4, -0.2) is 16.1 Å². The number of carbonyl (C=O) groups is 1. The van der Waals surface area contributed by atoms with Crippen molar-refractivity contribution in [2.45, 2.75) is 26.8 Å². The summed E-state index contributed by atoms with van der Waals surface area (Å²) in [6.07, 6.45) is 4.16. The van der Waals surface area contributed by atoms with Crippen LogP contribution in [0, 0.1) is 13.8 Å². The maximum Gasteiger partial charge on any atom is 0.309 e. The van der Waals surface area contributed by atoms with Crippen LogP contribution in [0.1, 0.15) is 17.5 Å². The quantitative estimate of drug-likeness (QED) is 0.563. The number of aromatic nitrogens is 2. The molecule has 2 aromatic heterocycles. The molecule has 4 rings (SSSR count). The molecule has 0 aliphatic rings. The molecule has 4 heteroatoms. The number of pyridine rings is 1. The number of fused-ring (bicyclic) bond motifs is 4. The predicted molar refractivity (Wildman–Crippen MR) is 95.2 cm³/mol. The zero-order valence-corrected chi connectivity index (χ0v) is 13.8. The number of para-hydroxylation sites is 1. The van der Waals surface area contributed by atoms with E-state index >= 15 is 0 Å². The van der Waals surface area contributed by atoms with Crippen LogP contribution < -0.4 is 4.57 Å². The minimum atomic E-state index is -0.775. The van der Waals surface area contributed by atoms with Crippen LogP contribution in [0.2, 0.25) is 0 Å². The Bertz CT molecular complexity index is 1110. The number of aromatic amines is 1. The Kier molecular flexibility index (Phi) is 3.27. The van der Waals surface area contributed by atoms with E-state index in [-0.39, 0.29) is 6.42 Å². The highest BCUT2D eigenvalue weighted by Crippen LogP contribution is 2.35. The molecule has 120 valence electrons. The van der Waals surface area contributed by atoms with E-state index in [9.17, 15) is 4.79 Å². The Hall–Kier alpha value is -2.88. The molecule has 0 atom stereocenters. The summed E-state index contributed by atoms with van der Waals surface area (Å²) in [5.74, 6) is -0.775. The van der Waals surface area contributed by atoms with Crippen LogP contribution >= 0.6 is 0 Å². The van der Waals surface area contributed by atoms with E-state index in [1.807, 2.05) is 16.8 Å². The second kappa shape index (κ2) is 5.34. The maximum atomic E-state index is 10.8. The summed E-state index contributed by atoms with van der Waals surface area (Å²) in [6, 6.07) is 10.4. The van der Waals surface area contributed by atoms with Crippen molar-refractivity contribution in [2.75, 3.05) is 0 Å². The number of nitrogens with zero attached hydrogens (tertiary/aromatic N) is 1. The van der Waals surface area contributed by atoms with Gasteiger partial charge in [-0.25, -0.2) is 4.57 Å². The number of H-pyrrole nitrogens is 1. The Labute approximate surface area is 139 Å². The maximum absolute atomic E-state index is 10.8. The number of nitrogens with one attached hydrogen (secondary N) is 1. The molecule has 0 amide bonds. The first-order chi connectivity index (χ1) is 11.6. The normalized spacial score (nSPS) is 11.6. The van der Waals surface area contributed by atoms with Crippen LogP contribution in [0.3, 0.4) is 0 Å². The van der Waals surface area contributed by atoms with Crippen molar-refractivity contribution in [3.8, 4) is 0 Å². The largest absolute Gasteiger partial charge is 0.481 e. The average molecular weight is 319 g/mol. The highest BCUT2D eigenvalue weighted by atomic mass is 16.4. The lowest BCUT2D eigenvalue weighted by Gasteiger charge is -2.08. The van der Waals surface area contributed by atoms with Gasteiger partial charge in [0.1, 0.15) is 6.42 Å². The molecule has 2 heterocycles. The zero-order valence-electron chi connectivity index (χ0n) is 13.8. The molecular formula is C20H19N2O2+. The first-order valence-electron chi connectivity index (χ1n) is 8.10. The fourth-order valence-corrected chi connectivity index (χ4v) is 3.61. The van der Waals surface area contributed by atoms with Gasteiger partial charge >= 0.3 is 5.97 Å². The summed E-state index contributed by atoms with van der Waals surface area (Å²) in [6.45, 7) is 4.77. The number of benzene rings is 2. The van der Waals surface area contributed by atoms with Gasteiger partial charge in [0, 0.05) is 27.7 Å². The zero-order chi connectivity index (χ0) is 16.8. The van der Waals surface area contributed by atoms with E-state index in [2.05, 4.69) is 49.3 Å². The minimum Gasteiger partial charge on any atom is -0.481 e. The second-order valence-electron chi connectivity index (χ2n) is 6.32. The molecule has 2 aromatic carbocycles. The van der Waals surface area contributed by atoms with E-state index in [0.717, 1.165) is 5.52 Å². The van der Waals surface area contributed by atoms with E-state index in [1.165, 1.54) is 38.2 Å². The van der Waals surface area contributed by atoms with E-state index < -0.39 is 5.97 Å². The summed E-state index contributed by atoms with van der Waals surface area (Å²) in [7, 11) is 0. The lowest BCUT2D eigenvalue weighted by molar-refractivity contribution is -0.694. The van der Waals surface area contributed by atoms with E-state index in [1.54, 1.807) is 0 Å². The summed E-state index contributed by atoms with van der Waals surface area (Å²) in [4.78, 5) is 14.4. The first kappa shape index (κ1) is 14.7. The van der Waals surface area contributed by atoms with Crippen molar-refractivity contribution in [3.05, 3.63) is 53.9 Å². The Morgan fingerprint density at radius 2 is 1.88 bits per heavy atom. The fraction of sp³-hybridized carbons (Fsp3) is 0.200. The number of hydrogen-bond acceptors (Lipinski definition) is 1. The van der Waals surface area contributed by atoms with Gasteiger partial charge in [0.15, 0.2) is 18.9 Å². The number of rotatable bonds is 3. The molecule has 0 bridgehead atoms. The highest BCUT2D eigenvalue weighted by molar-refractivity contribution is 6.16. The van der Waals surface area contributed by atoms with Gasteiger partial charge in [-0.2, -0.15) is 0 Å². The molecule has 4 nitrogen and oxygen atoms in total. The third-order valence-corrected chi connectivity index (χ3v) is 4.87. The van der Waals surface area contributed by atoms with Gasteiger partial charge in [0.05, 0.1) is 5.52 Å². The molecule has 4 aromatic rings. The molecular weight excluding hydrogens is 300 g/mol. The number of carboxylic acid groups (broad SMARTS) is 1. The second-order valence-corrected chi connectivity index (χ2v) is 6.32. The molecule has 0 fully saturated rings. The third kappa shape index (κ3) is 2.14. The lowest BCUT2D eigenvalue weighted by atomic mass is 9.97. The molecule has 0 unspecified atom stereocenters. The number of aryl methyl sites for hydroxylation is 3. The summed E-state index contributed by atoms with van der Waals surface area (Å²) in [5, 5.41) is 13.8. The van der Waals surface area contributed by atoms with Gasteiger partial charge in [0.2, 0.25) is 0 Å². The van der Waals surface area contributed by atoms with Crippen molar-refractivity contribution >= 4 is 38.5 Å². The van der Waals surface area contributed by atoms with Crippen molar-refractivity contribution in [1.29, 1.82) is 0 Å². The molecule has 2 N–H and O–H groups in total. The Balaban J connectivity index is 2.03. The average Bonchev–Trinajstić information content (AvgIpc) is 2.97. The molecule has 24 heavy (non-hydrogen) atoms. The first-order valence-corrected chi connectivity index (χ1v) is 8.10. The lowest BCUT2D eigenvalue weighted by Crippen LogP contribution is -2.33. The smallest absolute Gasteiger partial charge is 0.309 e. The van der Waals surface area contributed by atoms with Crippen molar-refractivity contribution in [1.82, 2.24) is 4.98 Å². The van der Waals surface area contributed by atoms with E-state index in [0.29, 0.717) is 6.54 Å². The Morgan fingerprint density at radius 3 is 2.67 bits per heavy atom. The van der Waals surface area contributed by atoms with Crippen molar-refractivity contribution < 1.29 is 14.5 Å². The molecule has 0 saturated carbocycles. The monoisotopic (exact) mass is 319 g/mol. The van der Waals surface area contributed by atoms with Gasteiger partial charge < -0.3 is 10.1 Å². The van der Waals surface area contributed by atoms with Gasteiger partial charge in [-0.3, -0.25) is 4.79 Å². The molecule has 0 aliphatic heterocycles. The fourth-order valence-electron chi connectivity index (χ4n) is 3.61. The summed E-state index contributed by atoms with van der Waals surface area (Å²) in [5.41, 5.74) is 4.79. The highest BCUT2D eigenvalue weighted by Gasteiger charge is 2.16. The number of carboxylic acids is 1. The molecule has 0 aliphatic carbocycles. The molecule has 0 saturated heterocycles. The predicted octanol–water partition coefficient (Wildman–Crippen LogP) is 3.85. The van der Waals surface area contributed by atoms with Gasteiger partial charge in [-0.1, -0.05) is 18.2 Å². The summed E-state index contributed by atoms with van der Waals surface area (Å²) >= 11 is 0. The minimum absolute atomic E-state index is 0.129.